The third-order valence-electron chi connectivity index (χ3n) is 3.33. The molecule has 0 amide bonds. The molecule has 0 fully saturated rings. The number of hydrogen-bond acceptors (Lipinski definition) is 4. The van der Waals surface area contributed by atoms with Crippen LogP contribution in [0.15, 0.2) is 53.6 Å². The van der Waals surface area contributed by atoms with Crippen LogP contribution in [-0.2, 0) is 6.61 Å². The molecule has 0 saturated carbocycles. The highest BCUT2D eigenvalue weighted by molar-refractivity contribution is 7.71. The van der Waals surface area contributed by atoms with Crippen molar-refractivity contribution in [1.82, 2.24) is 14.9 Å². The van der Waals surface area contributed by atoms with E-state index in [9.17, 15) is 4.39 Å². The summed E-state index contributed by atoms with van der Waals surface area (Å²) in [5.41, 5.74) is 1.82. The second kappa shape index (κ2) is 7.18. The molecule has 2 aromatic carbocycles. The van der Waals surface area contributed by atoms with Gasteiger partial charge in [-0.25, -0.2) is 4.39 Å². The molecule has 0 spiro atoms. The van der Waals surface area contributed by atoms with Gasteiger partial charge in [-0.2, -0.15) is 14.9 Å². The molecule has 1 N–H and O–H groups in total. The fourth-order valence-corrected chi connectivity index (χ4v) is 2.25. The first-order valence-electron chi connectivity index (χ1n) is 7.27. The SMILES string of the molecule is Cc1n[nH]c(=S)n1/N=C\c1ccc(OCc2ccc(F)cc2)cc1. The van der Waals surface area contributed by atoms with Crippen LogP contribution in [0.5, 0.6) is 5.75 Å². The molecule has 1 aromatic heterocycles. The molecule has 122 valence electrons. The Morgan fingerprint density at radius 3 is 2.54 bits per heavy atom. The number of halogens is 1. The second-order valence-corrected chi connectivity index (χ2v) is 5.50. The number of rotatable bonds is 5. The molecule has 1 heterocycles. The summed E-state index contributed by atoms with van der Waals surface area (Å²) in [7, 11) is 0. The van der Waals surface area contributed by atoms with Crippen LogP contribution in [0.1, 0.15) is 17.0 Å². The number of benzene rings is 2. The van der Waals surface area contributed by atoms with Crippen molar-refractivity contribution in [1.29, 1.82) is 0 Å². The van der Waals surface area contributed by atoms with Crippen molar-refractivity contribution in [2.24, 2.45) is 5.10 Å². The number of nitrogens with zero attached hydrogens (tertiary/aromatic N) is 3. The Labute approximate surface area is 143 Å². The van der Waals surface area contributed by atoms with Crippen LogP contribution in [0.25, 0.3) is 0 Å². The molecule has 24 heavy (non-hydrogen) atoms. The highest BCUT2D eigenvalue weighted by Gasteiger charge is 1.99. The molecule has 0 radical (unpaired) electrons. The third-order valence-corrected chi connectivity index (χ3v) is 3.60. The number of aromatic amines is 1. The van der Waals surface area contributed by atoms with Gasteiger partial charge in [-0.1, -0.05) is 12.1 Å². The van der Waals surface area contributed by atoms with Gasteiger partial charge >= 0.3 is 0 Å². The minimum Gasteiger partial charge on any atom is -0.489 e. The third kappa shape index (κ3) is 3.94. The van der Waals surface area contributed by atoms with Gasteiger partial charge < -0.3 is 4.74 Å². The molecule has 5 nitrogen and oxygen atoms in total. The molecular weight excluding hydrogens is 327 g/mol. The number of H-pyrrole nitrogens is 1. The van der Waals surface area contributed by atoms with Crippen LogP contribution in [0.4, 0.5) is 4.39 Å². The van der Waals surface area contributed by atoms with E-state index in [1.807, 2.05) is 31.2 Å². The lowest BCUT2D eigenvalue weighted by Gasteiger charge is -2.06. The van der Waals surface area contributed by atoms with E-state index in [-0.39, 0.29) is 5.82 Å². The minimum atomic E-state index is -0.254. The predicted molar refractivity (Wildman–Crippen MR) is 92.3 cm³/mol. The van der Waals surface area contributed by atoms with Gasteiger partial charge in [0.1, 0.15) is 24.0 Å². The lowest BCUT2D eigenvalue weighted by atomic mass is 10.2. The Morgan fingerprint density at radius 2 is 1.92 bits per heavy atom. The van der Waals surface area contributed by atoms with Gasteiger partial charge in [0.2, 0.25) is 4.77 Å². The summed E-state index contributed by atoms with van der Waals surface area (Å²) in [5, 5.41) is 11.0. The number of hydrogen-bond donors (Lipinski definition) is 1. The van der Waals surface area contributed by atoms with E-state index in [1.165, 1.54) is 12.1 Å². The first-order valence-corrected chi connectivity index (χ1v) is 7.68. The zero-order chi connectivity index (χ0) is 16.9. The van der Waals surface area contributed by atoms with Crippen LogP contribution in [0.3, 0.4) is 0 Å². The quantitative estimate of drug-likeness (QED) is 0.566. The smallest absolute Gasteiger partial charge is 0.216 e. The first-order chi connectivity index (χ1) is 11.6. The zero-order valence-electron chi connectivity index (χ0n) is 12.9. The second-order valence-electron chi connectivity index (χ2n) is 5.12. The van der Waals surface area contributed by atoms with E-state index in [0.717, 1.165) is 16.9 Å². The highest BCUT2D eigenvalue weighted by Crippen LogP contribution is 2.14. The van der Waals surface area contributed by atoms with Crippen LogP contribution in [-0.4, -0.2) is 21.1 Å². The van der Waals surface area contributed by atoms with Gasteiger partial charge in [-0.3, -0.25) is 5.10 Å². The molecule has 0 aliphatic heterocycles. The fourth-order valence-electron chi connectivity index (χ4n) is 2.03. The maximum atomic E-state index is 12.9. The molecule has 0 atom stereocenters. The molecule has 0 bridgehead atoms. The van der Waals surface area contributed by atoms with Crippen LogP contribution < -0.4 is 4.74 Å². The Hall–Kier alpha value is -2.80. The molecule has 0 aliphatic rings. The van der Waals surface area contributed by atoms with Crippen LogP contribution >= 0.6 is 12.2 Å². The van der Waals surface area contributed by atoms with Gasteiger partial charge in [-0.05, 0) is 66.7 Å². The molecule has 3 aromatic rings. The van der Waals surface area contributed by atoms with Gasteiger partial charge in [0, 0.05) is 0 Å². The summed E-state index contributed by atoms with van der Waals surface area (Å²) in [4.78, 5) is 0. The largest absolute Gasteiger partial charge is 0.489 e. The summed E-state index contributed by atoms with van der Waals surface area (Å²) >= 11 is 5.09. The molecule has 0 aliphatic carbocycles. The van der Waals surface area contributed by atoms with E-state index < -0.39 is 0 Å². The number of aromatic nitrogens is 3. The van der Waals surface area contributed by atoms with Gasteiger partial charge in [0.05, 0.1) is 6.21 Å². The van der Waals surface area contributed by atoms with Crippen LogP contribution in [0, 0.1) is 17.5 Å². The molecule has 3 rings (SSSR count). The van der Waals surface area contributed by atoms with Crippen molar-refractivity contribution in [2.75, 3.05) is 0 Å². The van der Waals surface area contributed by atoms with Gasteiger partial charge in [0.15, 0.2) is 0 Å². The van der Waals surface area contributed by atoms with Crippen LogP contribution in [0.2, 0.25) is 0 Å². The number of nitrogens with one attached hydrogen (secondary N) is 1. The Kier molecular flexibility index (Phi) is 4.81. The van der Waals surface area contributed by atoms with Crippen molar-refractivity contribution < 1.29 is 9.13 Å². The van der Waals surface area contributed by atoms with Crippen molar-refractivity contribution in [3.63, 3.8) is 0 Å². The normalized spacial score (nSPS) is 11.1. The van der Waals surface area contributed by atoms with Gasteiger partial charge in [0.25, 0.3) is 0 Å². The zero-order valence-corrected chi connectivity index (χ0v) is 13.8. The van der Waals surface area contributed by atoms with E-state index >= 15 is 0 Å². The standard InChI is InChI=1S/C17H15FN4OS/c1-12-20-21-17(24)22(12)19-10-13-4-8-16(9-5-13)23-11-14-2-6-15(18)7-3-14/h2-10H,11H2,1H3,(H,21,24)/b19-10-. The molecule has 7 heteroatoms. The van der Waals surface area contributed by atoms with E-state index in [4.69, 9.17) is 17.0 Å². The topological polar surface area (TPSA) is 55.2 Å². The molecular formula is C17H15FN4OS. The highest BCUT2D eigenvalue weighted by atomic mass is 32.1. The molecule has 0 unspecified atom stereocenters. The Balaban J connectivity index is 1.63. The minimum absolute atomic E-state index is 0.254. The van der Waals surface area contributed by atoms with E-state index in [2.05, 4.69) is 15.3 Å². The Bertz CT molecular complexity index is 898. The Morgan fingerprint density at radius 1 is 1.21 bits per heavy atom. The first kappa shape index (κ1) is 16.1. The average molecular weight is 342 g/mol. The average Bonchev–Trinajstić information content (AvgIpc) is 2.92. The maximum absolute atomic E-state index is 12.9. The van der Waals surface area contributed by atoms with Crippen molar-refractivity contribution in [2.45, 2.75) is 13.5 Å². The lowest BCUT2D eigenvalue weighted by Crippen LogP contribution is -1.96. The monoisotopic (exact) mass is 342 g/mol. The van der Waals surface area contributed by atoms with Crippen molar-refractivity contribution in [3.05, 3.63) is 76.1 Å². The van der Waals surface area contributed by atoms with Crippen molar-refractivity contribution in [3.8, 4) is 5.75 Å². The molecule has 0 saturated heterocycles. The maximum Gasteiger partial charge on any atom is 0.216 e. The number of aryl methyl sites for hydroxylation is 1. The predicted octanol–water partition coefficient (Wildman–Crippen LogP) is 3.85. The lowest BCUT2D eigenvalue weighted by molar-refractivity contribution is 0.306. The van der Waals surface area contributed by atoms with E-state index in [1.54, 1.807) is 23.0 Å². The summed E-state index contributed by atoms with van der Waals surface area (Å²) in [6.07, 6.45) is 1.70. The summed E-state index contributed by atoms with van der Waals surface area (Å²) < 4.78 is 20.5. The number of ether oxygens (including phenoxy) is 1. The van der Waals surface area contributed by atoms with E-state index in [0.29, 0.717) is 17.2 Å². The van der Waals surface area contributed by atoms with Crippen molar-refractivity contribution >= 4 is 18.4 Å². The van der Waals surface area contributed by atoms with Gasteiger partial charge in [-0.15, -0.1) is 0 Å². The summed E-state index contributed by atoms with van der Waals surface area (Å²) in [6, 6.07) is 13.7. The summed E-state index contributed by atoms with van der Waals surface area (Å²) in [5.74, 6) is 1.17. The fraction of sp³-hybridized carbons (Fsp3) is 0.118. The summed E-state index contributed by atoms with van der Waals surface area (Å²) in [6.45, 7) is 2.20.